The maximum absolute atomic E-state index is 11.7. The van der Waals surface area contributed by atoms with Gasteiger partial charge in [-0.2, -0.15) is 0 Å². The molecule has 3 aromatic rings. The van der Waals surface area contributed by atoms with Crippen LogP contribution in [-0.4, -0.2) is 4.92 Å². The summed E-state index contributed by atoms with van der Waals surface area (Å²) in [6.45, 7) is 15.9. The van der Waals surface area contributed by atoms with Gasteiger partial charge in [-0.25, -0.2) is 4.85 Å². The van der Waals surface area contributed by atoms with Gasteiger partial charge in [0.25, 0.3) is 5.69 Å². The van der Waals surface area contributed by atoms with Gasteiger partial charge in [-0.05, 0) is 46.9 Å². The normalized spacial score (nSPS) is 11.1. The summed E-state index contributed by atoms with van der Waals surface area (Å²) in [6.07, 6.45) is 0.780. The van der Waals surface area contributed by atoms with Gasteiger partial charge in [0.2, 0.25) is 0 Å². The van der Waals surface area contributed by atoms with E-state index in [1.807, 2.05) is 36.4 Å². The van der Waals surface area contributed by atoms with Crippen LogP contribution in [0.3, 0.4) is 0 Å². The molecule has 0 saturated heterocycles. The molecule has 0 spiro atoms. The Labute approximate surface area is 171 Å². The number of nitro benzene ring substituents is 1. The van der Waals surface area contributed by atoms with Crippen molar-refractivity contribution in [1.82, 2.24) is 0 Å². The van der Waals surface area contributed by atoms with Gasteiger partial charge in [0.05, 0.1) is 11.5 Å². The zero-order valence-electron chi connectivity index (χ0n) is 17.2. The highest BCUT2D eigenvalue weighted by Crippen LogP contribution is 2.39. The van der Waals surface area contributed by atoms with Gasteiger partial charge in [-0.3, -0.25) is 10.1 Å². The number of nitro groups is 1. The summed E-state index contributed by atoms with van der Waals surface area (Å²) >= 11 is 0. The zero-order valence-corrected chi connectivity index (χ0v) is 17.2. The monoisotopic (exact) mass is 387 g/mol. The fourth-order valence-corrected chi connectivity index (χ4v) is 3.61. The highest BCUT2D eigenvalue weighted by Gasteiger charge is 2.20. The van der Waals surface area contributed by atoms with E-state index in [1.165, 1.54) is 0 Å². The number of rotatable bonds is 6. The summed E-state index contributed by atoms with van der Waals surface area (Å²) in [4.78, 5) is 15.1. The second kappa shape index (κ2) is 8.32. The summed E-state index contributed by atoms with van der Waals surface area (Å²) in [5.41, 5.74) is 3.95. The Hall–Kier alpha value is -3.39. The van der Waals surface area contributed by atoms with Crippen molar-refractivity contribution in [3.8, 4) is 0 Å². The molecule has 0 aliphatic carbocycles. The summed E-state index contributed by atoms with van der Waals surface area (Å²) in [6, 6.07) is 14.9. The molecule has 5 heteroatoms. The number of nitrogens with zero attached hydrogens (tertiary/aromatic N) is 2. The van der Waals surface area contributed by atoms with Crippen LogP contribution in [0.5, 0.6) is 0 Å². The number of nitrogens with one attached hydrogen (secondary N) is 1. The first kappa shape index (κ1) is 20.3. The minimum atomic E-state index is -0.353. The molecular weight excluding hydrogens is 362 g/mol. The summed E-state index contributed by atoms with van der Waals surface area (Å²) in [5.74, 6) is 0.566. The van der Waals surface area contributed by atoms with Crippen LogP contribution in [0.2, 0.25) is 0 Å². The zero-order chi connectivity index (χ0) is 21.1. The van der Waals surface area contributed by atoms with Gasteiger partial charge in [-0.15, -0.1) is 0 Å². The minimum Gasteiger partial charge on any atom is -0.349 e. The van der Waals surface area contributed by atoms with Crippen molar-refractivity contribution in [1.29, 1.82) is 0 Å². The molecule has 0 bridgehead atoms. The van der Waals surface area contributed by atoms with Crippen LogP contribution in [0, 0.1) is 22.6 Å². The van der Waals surface area contributed by atoms with E-state index >= 15 is 0 Å². The minimum absolute atomic E-state index is 0.0412. The second-order valence-electron chi connectivity index (χ2n) is 8.00. The first-order valence-electron chi connectivity index (χ1n) is 9.79. The van der Waals surface area contributed by atoms with Gasteiger partial charge < -0.3 is 5.32 Å². The van der Waals surface area contributed by atoms with Crippen LogP contribution in [-0.2, 0) is 6.42 Å². The van der Waals surface area contributed by atoms with E-state index in [-0.39, 0.29) is 16.5 Å². The molecule has 5 nitrogen and oxygen atoms in total. The van der Waals surface area contributed by atoms with Crippen molar-refractivity contribution in [2.75, 3.05) is 5.32 Å². The average molecular weight is 387 g/mol. The summed E-state index contributed by atoms with van der Waals surface area (Å²) < 4.78 is 0. The van der Waals surface area contributed by atoms with Gasteiger partial charge in [0, 0.05) is 17.1 Å². The van der Waals surface area contributed by atoms with Crippen LogP contribution in [0.25, 0.3) is 15.6 Å². The van der Waals surface area contributed by atoms with E-state index in [0.717, 1.165) is 34.0 Å². The van der Waals surface area contributed by atoms with Crippen LogP contribution in [0.1, 0.15) is 44.7 Å². The molecule has 0 aliphatic heterocycles. The SMILES string of the molecule is [C-]#[N+]c1cc(CC(C)C)c(Nc2c([N+](=O)[O-])ccc3ccccc23)cc1C(C)C. The van der Waals surface area contributed by atoms with Crippen LogP contribution in [0.4, 0.5) is 22.7 Å². The van der Waals surface area contributed by atoms with Crippen molar-refractivity contribution in [3.05, 3.63) is 81.2 Å². The number of hydrogen-bond donors (Lipinski definition) is 1. The second-order valence-corrected chi connectivity index (χ2v) is 8.00. The molecule has 0 aromatic heterocycles. The topological polar surface area (TPSA) is 59.5 Å². The maximum Gasteiger partial charge on any atom is 0.293 e. The highest BCUT2D eigenvalue weighted by atomic mass is 16.6. The number of anilines is 2. The number of fused-ring (bicyclic) bond motifs is 1. The quantitative estimate of drug-likeness (QED) is 0.273. The van der Waals surface area contributed by atoms with E-state index in [4.69, 9.17) is 6.57 Å². The summed E-state index contributed by atoms with van der Waals surface area (Å²) in [7, 11) is 0. The molecule has 3 rings (SSSR count). The Kier molecular flexibility index (Phi) is 5.84. The fraction of sp³-hybridized carbons (Fsp3) is 0.292. The molecule has 148 valence electrons. The maximum atomic E-state index is 11.7. The molecule has 0 fully saturated rings. The van der Waals surface area contributed by atoms with Crippen molar-refractivity contribution in [2.24, 2.45) is 5.92 Å². The van der Waals surface area contributed by atoms with Gasteiger partial charge >= 0.3 is 0 Å². The standard InChI is InChI=1S/C24H25N3O2/c1-15(2)12-18-13-22(25-5)20(16(3)4)14-21(18)26-24-19-9-7-6-8-17(19)10-11-23(24)27(28)29/h6-11,13-16,26H,12H2,1-4H3. The molecule has 0 heterocycles. The lowest BCUT2D eigenvalue weighted by molar-refractivity contribution is -0.383. The lowest BCUT2D eigenvalue weighted by atomic mass is 9.93. The van der Waals surface area contributed by atoms with Gasteiger partial charge in [-0.1, -0.05) is 58.0 Å². The molecule has 0 radical (unpaired) electrons. The van der Waals surface area contributed by atoms with Gasteiger partial charge in [0.15, 0.2) is 5.69 Å². The number of hydrogen-bond acceptors (Lipinski definition) is 3. The largest absolute Gasteiger partial charge is 0.349 e. The molecule has 0 unspecified atom stereocenters. The first-order valence-corrected chi connectivity index (χ1v) is 9.79. The third-order valence-corrected chi connectivity index (χ3v) is 4.99. The Bertz CT molecular complexity index is 1110. The van der Waals surface area contributed by atoms with Gasteiger partial charge in [0.1, 0.15) is 5.69 Å². The first-order chi connectivity index (χ1) is 13.8. The Morgan fingerprint density at radius 1 is 1.10 bits per heavy atom. The van der Waals surface area contributed by atoms with Crippen molar-refractivity contribution >= 4 is 33.5 Å². The molecular formula is C24H25N3O2. The van der Waals surface area contributed by atoms with E-state index in [9.17, 15) is 10.1 Å². The average Bonchev–Trinajstić information content (AvgIpc) is 2.68. The molecule has 0 amide bonds. The Morgan fingerprint density at radius 3 is 2.45 bits per heavy atom. The summed E-state index contributed by atoms with van der Waals surface area (Å²) in [5, 5.41) is 16.8. The molecule has 29 heavy (non-hydrogen) atoms. The van der Waals surface area contributed by atoms with E-state index in [2.05, 4.69) is 37.9 Å². The Balaban J connectivity index is 2.24. The molecule has 1 N–H and O–H groups in total. The van der Waals surface area contributed by atoms with Crippen LogP contribution in [0.15, 0.2) is 48.5 Å². The predicted molar refractivity (Wildman–Crippen MR) is 119 cm³/mol. The molecule has 0 atom stereocenters. The Morgan fingerprint density at radius 2 is 1.83 bits per heavy atom. The van der Waals surface area contributed by atoms with Crippen molar-refractivity contribution in [2.45, 2.75) is 40.0 Å². The lowest BCUT2D eigenvalue weighted by Gasteiger charge is -2.19. The van der Waals surface area contributed by atoms with Crippen molar-refractivity contribution in [3.63, 3.8) is 0 Å². The highest BCUT2D eigenvalue weighted by molar-refractivity contribution is 6.00. The smallest absolute Gasteiger partial charge is 0.293 e. The number of benzene rings is 3. The van der Waals surface area contributed by atoms with Crippen LogP contribution < -0.4 is 5.32 Å². The van der Waals surface area contributed by atoms with Crippen molar-refractivity contribution < 1.29 is 4.92 Å². The predicted octanol–water partition coefficient (Wildman–Crippen LogP) is 7.36. The third-order valence-electron chi connectivity index (χ3n) is 4.99. The fourth-order valence-electron chi connectivity index (χ4n) is 3.61. The molecule has 0 aliphatic rings. The third kappa shape index (κ3) is 4.22. The van der Waals surface area contributed by atoms with Crippen LogP contribution >= 0.6 is 0 Å². The molecule has 0 saturated carbocycles. The molecule has 3 aromatic carbocycles. The van der Waals surface area contributed by atoms with E-state index in [1.54, 1.807) is 12.1 Å². The van der Waals surface area contributed by atoms with E-state index in [0.29, 0.717) is 17.3 Å². The lowest BCUT2D eigenvalue weighted by Crippen LogP contribution is -2.04. The van der Waals surface area contributed by atoms with E-state index < -0.39 is 0 Å².